The summed E-state index contributed by atoms with van der Waals surface area (Å²) in [7, 11) is 0. The molecular weight excluding hydrogens is 188 g/mol. The zero-order valence-corrected chi connectivity index (χ0v) is 8.50. The molecule has 0 saturated heterocycles. The zero-order valence-electron chi connectivity index (χ0n) is 7.68. The van der Waals surface area contributed by atoms with Gasteiger partial charge in [0.1, 0.15) is 0 Å². The first-order chi connectivity index (χ1) is 6.95. The largest absolute Gasteiger partial charge is 0.113 e. The van der Waals surface area contributed by atoms with Gasteiger partial charge in [-0.1, -0.05) is 48.5 Å². The van der Waals surface area contributed by atoms with Gasteiger partial charge in [0.15, 0.2) is 0 Å². The van der Waals surface area contributed by atoms with Crippen LogP contribution in [-0.4, -0.2) is 0 Å². The summed E-state index contributed by atoms with van der Waals surface area (Å²) in [5, 5.41) is 0.562. The summed E-state index contributed by atoms with van der Waals surface area (Å²) in [6.07, 6.45) is 0. The number of thioether (sulfide) groups is 1. The Kier molecular flexibility index (Phi) is 1.84. The van der Waals surface area contributed by atoms with Gasteiger partial charge in [0.05, 0.1) is 5.25 Å². The summed E-state index contributed by atoms with van der Waals surface area (Å²) in [6, 6.07) is 19.3. The van der Waals surface area contributed by atoms with E-state index in [0.717, 1.165) is 0 Å². The highest BCUT2D eigenvalue weighted by molar-refractivity contribution is 8.01. The lowest BCUT2D eigenvalue weighted by atomic mass is 10.0. The molecule has 1 heterocycles. The molecule has 2 aromatic carbocycles. The van der Waals surface area contributed by atoms with E-state index in [4.69, 9.17) is 0 Å². The van der Waals surface area contributed by atoms with Crippen molar-refractivity contribution in [1.82, 2.24) is 0 Å². The van der Waals surface area contributed by atoms with Crippen molar-refractivity contribution in [1.29, 1.82) is 0 Å². The van der Waals surface area contributed by atoms with Gasteiger partial charge in [0.25, 0.3) is 0 Å². The number of hydrogen-bond acceptors (Lipinski definition) is 1. The number of hydrogen-bond donors (Lipinski definition) is 0. The first kappa shape index (κ1) is 8.13. The van der Waals surface area contributed by atoms with Gasteiger partial charge >= 0.3 is 0 Å². The molecule has 0 amide bonds. The third-order valence-electron chi connectivity index (χ3n) is 2.55. The second-order valence-corrected chi connectivity index (χ2v) is 4.59. The first-order valence-corrected chi connectivity index (χ1v) is 5.63. The number of rotatable bonds is 1. The van der Waals surface area contributed by atoms with Crippen LogP contribution in [0.1, 0.15) is 16.4 Å². The standard InChI is InChI=1S/C13H10S/c1-2-6-10(7-3-1)13-11-8-4-5-9-12(11)14-13/h1-9,13H. The summed E-state index contributed by atoms with van der Waals surface area (Å²) in [6.45, 7) is 0. The van der Waals surface area contributed by atoms with Gasteiger partial charge in [-0.15, -0.1) is 11.8 Å². The van der Waals surface area contributed by atoms with Crippen molar-refractivity contribution in [2.45, 2.75) is 10.1 Å². The SMILES string of the molecule is c1ccc(C2Sc3ccccc32)cc1. The maximum atomic E-state index is 2.23. The molecule has 0 fully saturated rings. The van der Waals surface area contributed by atoms with E-state index in [1.165, 1.54) is 16.0 Å². The molecule has 0 radical (unpaired) electrons. The predicted octanol–water partition coefficient (Wildman–Crippen LogP) is 3.88. The second kappa shape index (κ2) is 3.18. The molecule has 0 bridgehead atoms. The molecule has 0 aliphatic carbocycles. The quantitative estimate of drug-likeness (QED) is 0.670. The van der Waals surface area contributed by atoms with E-state index in [1.54, 1.807) is 0 Å². The third-order valence-corrected chi connectivity index (χ3v) is 3.94. The van der Waals surface area contributed by atoms with E-state index < -0.39 is 0 Å². The highest BCUT2D eigenvalue weighted by atomic mass is 32.2. The molecule has 1 aliphatic rings. The molecule has 0 N–H and O–H groups in total. The van der Waals surface area contributed by atoms with Crippen molar-refractivity contribution in [3.05, 3.63) is 65.7 Å². The Balaban J connectivity index is 2.00. The smallest absolute Gasteiger partial charge is 0.0604 e. The van der Waals surface area contributed by atoms with Crippen molar-refractivity contribution >= 4 is 11.8 Å². The normalized spacial score (nSPS) is 18.4. The summed E-state index contributed by atoms with van der Waals surface area (Å²) >= 11 is 1.95. The fraction of sp³-hybridized carbons (Fsp3) is 0.0769. The molecule has 68 valence electrons. The fourth-order valence-corrected chi connectivity index (χ4v) is 2.99. The van der Waals surface area contributed by atoms with E-state index in [1.807, 2.05) is 11.8 Å². The maximum Gasteiger partial charge on any atom is 0.0604 e. The molecule has 0 saturated carbocycles. The molecular formula is C13H10S. The van der Waals surface area contributed by atoms with Crippen LogP contribution in [0.3, 0.4) is 0 Å². The van der Waals surface area contributed by atoms with Gasteiger partial charge in [0, 0.05) is 4.90 Å². The maximum absolute atomic E-state index is 2.23. The monoisotopic (exact) mass is 198 g/mol. The van der Waals surface area contributed by atoms with Crippen molar-refractivity contribution in [2.24, 2.45) is 0 Å². The van der Waals surface area contributed by atoms with Crippen LogP contribution in [0.5, 0.6) is 0 Å². The van der Waals surface area contributed by atoms with Crippen LogP contribution < -0.4 is 0 Å². The van der Waals surface area contributed by atoms with Crippen LogP contribution in [0.25, 0.3) is 0 Å². The lowest BCUT2D eigenvalue weighted by Crippen LogP contribution is -2.06. The molecule has 1 aliphatic heterocycles. The third kappa shape index (κ3) is 1.17. The lowest BCUT2D eigenvalue weighted by molar-refractivity contribution is 1.04. The van der Waals surface area contributed by atoms with Crippen LogP contribution in [0.2, 0.25) is 0 Å². The van der Waals surface area contributed by atoms with Crippen LogP contribution in [0.15, 0.2) is 59.5 Å². The van der Waals surface area contributed by atoms with Crippen molar-refractivity contribution in [3.8, 4) is 0 Å². The van der Waals surface area contributed by atoms with Gasteiger partial charge in [-0.3, -0.25) is 0 Å². The minimum Gasteiger partial charge on any atom is -0.113 e. The molecule has 1 heteroatoms. The molecule has 1 unspecified atom stereocenters. The Labute approximate surface area is 88.0 Å². The second-order valence-electron chi connectivity index (χ2n) is 3.45. The van der Waals surface area contributed by atoms with E-state index in [2.05, 4.69) is 54.6 Å². The zero-order chi connectivity index (χ0) is 9.38. The molecule has 1 atom stereocenters. The van der Waals surface area contributed by atoms with E-state index in [0.29, 0.717) is 5.25 Å². The average Bonchev–Trinajstić information content (AvgIpc) is 2.22. The van der Waals surface area contributed by atoms with Crippen LogP contribution in [0.4, 0.5) is 0 Å². The minimum atomic E-state index is 0.562. The van der Waals surface area contributed by atoms with Gasteiger partial charge < -0.3 is 0 Å². The Morgan fingerprint density at radius 1 is 0.786 bits per heavy atom. The van der Waals surface area contributed by atoms with Crippen molar-refractivity contribution in [2.75, 3.05) is 0 Å². The summed E-state index contributed by atoms with van der Waals surface area (Å²) < 4.78 is 0. The van der Waals surface area contributed by atoms with Crippen molar-refractivity contribution in [3.63, 3.8) is 0 Å². The first-order valence-electron chi connectivity index (χ1n) is 4.76. The van der Waals surface area contributed by atoms with Gasteiger partial charge in [-0.2, -0.15) is 0 Å². The van der Waals surface area contributed by atoms with Crippen LogP contribution >= 0.6 is 11.8 Å². The molecule has 0 nitrogen and oxygen atoms in total. The van der Waals surface area contributed by atoms with Crippen LogP contribution in [0, 0.1) is 0 Å². The number of fused-ring (bicyclic) bond motifs is 1. The Morgan fingerprint density at radius 2 is 1.50 bits per heavy atom. The Morgan fingerprint density at radius 3 is 2.29 bits per heavy atom. The topological polar surface area (TPSA) is 0 Å². The highest BCUT2D eigenvalue weighted by Crippen LogP contribution is 2.52. The molecule has 14 heavy (non-hydrogen) atoms. The van der Waals surface area contributed by atoms with Crippen LogP contribution in [-0.2, 0) is 0 Å². The van der Waals surface area contributed by atoms with Gasteiger partial charge in [-0.05, 0) is 17.2 Å². The summed E-state index contributed by atoms with van der Waals surface area (Å²) in [5.41, 5.74) is 2.89. The van der Waals surface area contributed by atoms with E-state index >= 15 is 0 Å². The minimum absolute atomic E-state index is 0.562. The van der Waals surface area contributed by atoms with Gasteiger partial charge in [0.2, 0.25) is 0 Å². The predicted molar refractivity (Wildman–Crippen MR) is 60.6 cm³/mol. The van der Waals surface area contributed by atoms with Gasteiger partial charge in [-0.25, -0.2) is 0 Å². The van der Waals surface area contributed by atoms with Crippen molar-refractivity contribution < 1.29 is 0 Å². The molecule has 3 rings (SSSR count). The Hall–Kier alpha value is -1.21. The Bertz CT molecular complexity index is 448. The summed E-state index contributed by atoms with van der Waals surface area (Å²) in [5.74, 6) is 0. The number of benzene rings is 2. The average molecular weight is 198 g/mol. The van der Waals surface area contributed by atoms with E-state index in [9.17, 15) is 0 Å². The van der Waals surface area contributed by atoms with E-state index in [-0.39, 0.29) is 0 Å². The fourth-order valence-electron chi connectivity index (χ4n) is 1.81. The molecule has 2 aromatic rings. The molecule has 0 aromatic heterocycles. The molecule has 0 spiro atoms. The highest BCUT2D eigenvalue weighted by Gasteiger charge is 2.27. The lowest BCUT2D eigenvalue weighted by Gasteiger charge is -2.29. The summed E-state index contributed by atoms with van der Waals surface area (Å²) in [4.78, 5) is 1.43.